The summed E-state index contributed by atoms with van der Waals surface area (Å²) in [5.41, 5.74) is 0.159. The number of hydrogen-bond donors (Lipinski definition) is 2. The zero-order valence-corrected chi connectivity index (χ0v) is 11.9. The summed E-state index contributed by atoms with van der Waals surface area (Å²) >= 11 is 0. The summed E-state index contributed by atoms with van der Waals surface area (Å²) in [5, 5.41) is 2.77. The first-order chi connectivity index (χ1) is 9.58. The van der Waals surface area contributed by atoms with Gasteiger partial charge < -0.3 is 15.0 Å². The van der Waals surface area contributed by atoms with Crippen LogP contribution in [0.1, 0.15) is 21.9 Å². The fraction of sp³-hybridized carbons (Fsp3) is 0.615. The number of amides is 1. The number of carbonyl (C=O) groups excluding carboxylic acids is 1. The molecular weight excluding hydrogens is 260 g/mol. The molecule has 20 heavy (non-hydrogen) atoms. The van der Waals surface area contributed by atoms with Crippen molar-refractivity contribution in [2.45, 2.75) is 13.8 Å². The van der Waals surface area contributed by atoms with Crippen LogP contribution in [-0.2, 0) is 4.74 Å². The molecule has 1 aromatic rings. The lowest BCUT2D eigenvalue weighted by Gasteiger charge is -2.26. The van der Waals surface area contributed by atoms with Crippen LogP contribution in [0.2, 0.25) is 0 Å². The van der Waals surface area contributed by atoms with Gasteiger partial charge in [0.25, 0.3) is 11.5 Å². The Morgan fingerprint density at radius 3 is 2.75 bits per heavy atom. The van der Waals surface area contributed by atoms with Gasteiger partial charge in [-0.1, -0.05) is 0 Å². The summed E-state index contributed by atoms with van der Waals surface area (Å²) in [7, 11) is 0. The van der Waals surface area contributed by atoms with Crippen LogP contribution in [0.5, 0.6) is 0 Å². The highest BCUT2D eigenvalue weighted by molar-refractivity contribution is 5.94. The molecule has 1 saturated heterocycles. The highest BCUT2D eigenvalue weighted by atomic mass is 16.5. The number of ether oxygens (including phenoxy) is 1. The normalized spacial score (nSPS) is 16.1. The van der Waals surface area contributed by atoms with Crippen molar-refractivity contribution >= 4 is 5.91 Å². The smallest absolute Gasteiger partial charge is 0.264 e. The van der Waals surface area contributed by atoms with Gasteiger partial charge in [0, 0.05) is 26.2 Å². The van der Waals surface area contributed by atoms with E-state index in [9.17, 15) is 9.59 Å². The van der Waals surface area contributed by atoms with Crippen LogP contribution in [0.4, 0.5) is 0 Å². The predicted octanol–water partition coefficient (Wildman–Crippen LogP) is -0.551. The maximum atomic E-state index is 12.0. The molecule has 1 fully saturated rings. The SMILES string of the molecule is Cc1nc(C)c(C(=O)NCCN2CCOCC2)c(=O)[nH]1. The summed E-state index contributed by atoms with van der Waals surface area (Å²) in [4.78, 5) is 32.7. The minimum Gasteiger partial charge on any atom is -0.379 e. The fourth-order valence-corrected chi connectivity index (χ4v) is 2.23. The third-order valence-electron chi connectivity index (χ3n) is 3.26. The number of aromatic nitrogens is 2. The largest absolute Gasteiger partial charge is 0.379 e. The number of aromatic amines is 1. The topological polar surface area (TPSA) is 87.3 Å². The Morgan fingerprint density at radius 2 is 2.10 bits per heavy atom. The van der Waals surface area contributed by atoms with Crippen LogP contribution in [0, 0.1) is 13.8 Å². The zero-order valence-electron chi connectivity index (χ0n) is 11.9. The minimum absolute atomic E-state index is 0.0950. The predicted molar refractivity (Wildman–Crippen MR) is 73.9 cm³/mol. The molecule has 0 aliphatic carbocycles. The number of carbonyl (C=O) groups is 1. The summed E-state index contributed by atoms with van der Waals surface area (Å²) < 4.78 is 5.26. The molecule has 0 spiro atoms. The molecule has 1 amide bonds. The molecule has 0 radical (unpaired) electrons. The number of rotatable bonds is 4. The summed E-state index contributed by atoms with van der Waals surface area (Å²) in [5.74, 6) is 0.141. The first-order valence-corrected chi connectivity index (χ1v) is 6.74. The number of hydrogen-bond acceptors (Lipinski definition) is 5. The van der Waals surface area contributed by atoms with E-state index in [-0.39, 0.29) is 17.0 Å². The Morgan fingerprint density at radius 1 is 1.40 bits per heavy atom. The molecule has 0 aromatic carbocycles. The van der Waals surface area contributed by atoms with Crippen LogP contribution in [0.25, 0.3) is 0 Å². The molecule has 2 heterocycles. The van der Waals surface area contributed by atoms with Gasteiger partial charge in [-0.15, -0.1) is 0 Å². The van der Waals surface area contributed by atoms with Crippen molar-refractivity contribution in [1.29, 1.82) is 0 Å². The second-order valence-electron chi connectivity index (χ2n) is 4.82. The van der Waals surface area contributed by atoms with E-state index in [1.54, 1.807) is 13.8 Å². The van der Waals surface area contributed by atoms with Crippen molar-refractivity contribution < 1.29 is 9.53 Å². The van der Waals surface area contributed by atoms with Gasteiger partial charge in [0.2, 0.25) is 0 Å². The zero-order chi connectivity index (χ0) is 14.5. The molecule has 2 rings (SSSR count). The number of H-pyrrole nitrogens is 1. The third kappa shape index (κ3) is 3.64. The van der Waals surface area contributed by atoms with E-state index in [1.807, 2.05) is 0 Å². The molecule has 110 valence electrons. The number of morpholine rings is 1. The van der Waals surface area contributed by atoms with Gasteiger partial charge in [0.15, 0.2) is 0 Å². The Bertz CT molecular complexity index is 535. The second-order valence-corrected chi connectivity index (χ2v) is 4.82. The Labute approximate surface area is 117 Å². The van der Waals surface area contributed by atoms with Gasteiger partial charge in [0.1, 0.15) is 11.4 Å². The monoisotopic (exact) mass is 280 g/mol. The summed E-state index contributed by atoms with van der Waals surface area (Å²) in [6.07, 6.45) is 0. The molecule has 0 atom stereocenters. The number of nitrogens with zero attached hydrogens (tertiary/aromatic N) is 2. The number of aryl methyl sites for hydroxylation is 2. The van der Waals surface area contributed by atoms with Crippen LogP contribution < -0.4 is 10.9 Å². The first kappa shape index (κ1) is 14.7. The minimum atomic E-state index is -0.390. The second kappa shape index (κ2) is 6.62. The van der Waals surface area contributed by atoms with Crippen LogP contribution in [0.15, 0.2) is 4.79 Å². The van der Waals surface area contributed by atoms with Crippen molar-refractivity contribution in [2.75, 3.05) is 39.4 Å². The number of nitrogens with one attached hydrogen (secondary N) is 2. The van der Waals surface area contributed by atoms with E-state index >= 15 is 0 Å². The third-order valence-corrected chi connectivity index (χ3v) is 3.26. The molecule has 1 aromatic heterocycles. The molecule has 0 bridgehead atoms. The lowest BCUT2D eigenvalue weighted by atomic mass is 10.2. The summed E-state index contributed by atoms with van der Waals surface area (Å²) in [6, 6.07) is 0. The van der Waals surface area contributed by atoms with Gasteiger partial charge in [0.05, 0.1) is 18.9 Å². The van der Waals surface area contributed by atoms with Crippen molar-refractivity contribution in [2.24, 2.45) is 0 Å². The Balaban J connectivity index is 1.90. The van der Waals surface area contributed by atoms with E-state index in [1.165, 1.54) is 0 Å². The van der Waals surface area contributed by atoms with Gasteiger partial charge in [-0.3, -0.25) is 14.5 Å². The average Bonchev–Trinajstić information content (AvgIpc) is 2.38. The molecule has 0 unspecified atom stereocenters. The lowest BCUT2D eigenvalue weighted by Crippen LogP contribution is -2.42. The molecule has 1 aliphatic rings. The van der Waals surface area contributed by atoms with Crippen molar-refractivity contribution in [1.82, 2.24) is 20.2 Å². The summed E-state index contributed by atoms with van der Waals surface area (Å²) in [6.45, 7) is 7.83. The van der Waals surface area contributed by atoms with E-state index in [0.29, 0.717) is 18.1 Å². The van der Waals surface area contributed by atoms with E-state index in [4.69, 9.17) is 4.74 Å². The van der Waals surface area contributed by atoms with Crippen molar-refractivity contribution in [3.63, 3.8) is 0 Å². The van der Waals surface area contributed by atoms with Crippen LogP contribution >= 0.6 is 0 Å². The molecule has 0 saturated carbocycles. The lowest BCUT2D eigenvalue weighted by molar-refractivity contribution is 0.0383. The quantitative estimate of drug-likeness (QED) is 0.772. The van der Waals surface area contributed by atoms with E-state index in [0.717, 1.165) is 32.8 Å². The van der Waals surface area contributed by atoms with Crippen molar-refractivity contribution in [3.8, 4) is 0 Å². The molecule has 7 heteroatoms. The van der Waals surface area contributed by atoms with Crippen LogP contribution in [0.3, 0.4) is 0 Å². The Kier molecular flexibility index (Phi) is 4.86. The molecule has 7 nitrogen and oxygen atoms in total. The Hall–Kier alpha value is -1.73. The van der Waals surface area contributed by atoms with Gasteiger partial charge in [-0.25, -0.2) is 4.98 Å². The molecule has 1 aliphatic heterocycles. The maximum absolute atomic E-state index is 12.0. The highest BCUT2D eigenvalue weighted by Gasteiger charge is 2.16. The van der Waals surface area contributed by atoms with Gasteiger partial charge >= 0.3 is 0 Å². The van der Waals surface area contributed by atoms with Gasteiger partial charge in [-0.2, -0.15) is 0 Å². The average molecular weight is 280 g/mol. The first-order valence-electron chi connectivity index (χ1n) is 6.74. The molecule has 2 N–H and O–H groups in total. The van der Waals surface area contributed by atoms with Crippen molar-refractivity contribution in [3.05, 3.63) is 27.4 Å². The van der Waals surface area contributed by atoms with E-state index in [2.05, 4.69) is 20.2 Å². The maximum Gasteiger partial charge on any atom is 0.264 e. The van der Waals surface area contributed by atoms with E-state index < -0.39 is 0 Å². The van der Waals surface area contributed by atoms with Crippen LogP contribution in [-0.4, -0.2) is 60.2 Å². The fourth-order valence-electron chi connectivity index (χ4n) is 2.23. The molecular formula is C13H20N4O3. The van der Waals surface area contributed by atoms with Gasteiger partial charge in [-0.05, 0) is 13.8 Å². The standard InChI is InChI=1S/C13H20N4O3/c1-9-11(13(19)16-10(2)15-9)12(18)14-3-4-17-5-7-20-8-6-17/h3-8H2,1-2H3,(H,14,18)(H,15,16,19). The highest BCUT2D eigenvalue weighted by Crippen LogP contribution is 1.99.